The summed E-state index contributed by atoms with van der Waals surface area (Å²) >= 11 is 0. The average molecular weight is 521 g/mol. The van der Waals surface area contributed by atoms with Crippen molar-refractivity contribution in [2.24, 2.45) is 0 Å². The molecule has 0 radical (unpaired) electrons. The zero-order chi connectivity index (χ0) is 26.3. The first kappa shape index (κ1) is 24.3. The third kappa shape index (κ3) is 4.15. The van der Waals surface area contributed by atoms with Crippen molar-refractivity contribution in [2.45, 2.75) is 4.90 Å². The van der Waals surface area contributed by atoms with Crippen molar-refractivity contribution in [3.05, 3.63) is 93.5 Å². The molecule has 1 saturated heterocycles. The Balaban J connectivity index is 1.31. The van der Waals surface area contributed by atoms with Crippen LogP contribution in [0, 0.1) is 10.1 Å². The lowest BCUT2D eigenvalue weighted by Crippen LogP contribution is -2.48. The number of hydrogen-bond donors (Lipinski definition) is 0. The Morgan fingerprint density at radius 3 is 1.97 bits per heavy atom. The average Bonchev–Trinajstić information content (AvgIpc) is 3.18. The highest BCUT2D eigenvalue weighted by Crippen LogP contribution is 2.32. The largest absolute Gasteiger partial charge is 0.363 e. The Morgan fingerprint density at radius 1 is 0.838 bits per heavy atom. The Bertz CT molecular complexity index is 1510. The highest BCUT2D eigenvalue weighted by molar-refractivity contribution is 7.89. The molecule has 0 N–H and O–H groups in total. The van der Waals surface area contributed by atoms with Crippen LogP contribution in [0.5, 0.6) is 0 Å². The summed E-state index contributed by atoms with van der Waals surface area (Å²) in [6.45, 7) is 0.616. The number of nitro benzene ring substituents is 1. The summed E-state index contributed by atoms with van der Waals surface area (Å²) in [7, 11) is -3.89. The Morgan fingerprint density at radius 2 is 1.43 bits per heavy atom. The van der Waals surface area contributed by atoms with Crippen LogP contribution in [0.3, 0.4) is 0 Å². The van der Waals surface area contributed by atoms with Gasteiger partial charge in [-0.15, -0.1) is 0 Å². The van der Waals surface area contributed by atoms with Gasteiger partial charge in [0.15, 0.2) is 0 Å². The molecule has 12 heteroatoms. The van der Waals surface area contributed by atoms with Crippen molar-refractivity contribution in [3.63, 3.8) is 0 Å². The fourth-order valence-corrected chi connectivity index (χ4v) is 5.96. The van der Waals surface area contributed by atoms with E-state index in [2.05, 4.69) is 0 Å². The fourth-order valence-electron chi connectivity index (χ4n) is 4.54. The minimum Gasteiger partial charge on any atom is -0.363 e. The molecule has 0 saturated carbocycles. The summed E-state index contributed by atoms with van der Waals surface area (Å²) in [5.41, 5.74) is 1.14. The molecule has 3 aromatic rings. The number of nitro groups is 1. The number of imide groups is 1. The molecule has 0 unspecified atom stereocenters. The second-order valence-electron chi connectivity index (χ2n) is 8.50. The van der Waals surface area contributed by atoms with Gasteiger partial charge in [-0.25, -0.2) is 13.3 Å². The first-order valence-corrected chi connectivity index (χ1v) is 12.7. The highest BCUT2D eigenvalue weighted by atomic mass is 32.2. The predicted molar refractivity (Wildman–Crippen MR) is 133 cm³/mol. The van der Waals surface area contributed by atoms with Crippen LogP contribution >= 0.6 is 0 Å². The van der Waals surface area contributed by atoms with E-state index in [9.17, 15) is 32.9 Å². The van der Waals surface area contributed by atoms with E-state index in [1.807, 2.05) is 0 Å². The van der Waals surface area contributed by atoms with Crippen LogP contribution in [0.25, 0.3) is 0 Å². The van der Waals surface area contributed by atoms with Crippen LogP contribution in [0.15, 0.2) is 71.6 Å². The van der Waals surface area contributed by atoms with Crippen LogP contribution in [-0.4, -0.2) is 61.9 Å². The van der Waals surface area contributed by atoms with Crippen molar-refractivity contribution in [2.75, 3.05) is 36.0 Å². The standard InChI is InChI=1S/C25H20N4O7S/c30-16-17-5-10-22(23(15-17)29(33)34)26-11-13-27(14-12-26)37(35,36)19-8-6-18(7-9-19)28-24(31)20-3-1-2-4-21(20)25(28)32/h1-10,15-16H,11-14H2. The van der Waals surface area contributed by atoms with Gasteiger partial charge in [-0.05, 0) is 48.5 Å². The topological polar surface area (TPSA) is 138 Å². The number of benzene rings is 3. The molecule has 2 amide bonds. The molecule has 0 aliphatic carbocycles. The second-order valence-corrected chi connectivity index (χ2v) is 10.4. The lowest BCUT2D eigenvalue weighted by Gasteiger charge is -2.35. The lowest BCUT2D eigenvalue weighted by molar-refractivity contribution is -0.384. The third-order valence-electron chi connectivity index (χ3n) is 6.44. The van der Waals surface area contributed by atoms with Gasteiger partial charge >= 0.3 is 0 Å². The van der Waals surface area contributed by atoms with Crippen LogP contribution < -0.4 is 9.80 Å². The molecule has 11 nitrogen and oxygen atoms in total. The number of rotatable bonds is 6. The second kappa shape index (κ2) is 9.22. The molecule has 2 aliphatic heterocycles. The number of anilines is 2. The monoisotopic (exact) mass is 520 g/mol. The summed E-state index contributed by atoms with van der Waals surface area (Å²) in [6, 6.07) is 16.2. The van der Waals surface area contributed by atoms with E-state index in [0.29, 0.717) is 23.1 Å². The van der Waals surface area contributed by atoms with Gasteiger partial charge in [0.2, 0.25) is 10.0 Å². The van der Waals surface area contributed by atoms with E-state index in [-0.39, 0.29) is 48.0 Å². The molecule has 2 heterocycles. The maximum Gasteiger partial charge on any atom is 0.293 e. The van der Waals surface area contributed by atoms with Gasteiger partial charge in [-0.2, -0.15) is 4.31 Å². The molecule has 1 fully saturated rings. The molecule has 0 aromatic heterocycles. The van der Waals surface area contributed by atoms with E-state index in [0.717, 1.165) is 4.90 Å². The van der Waals surface area contributed by atoms with E-state index in [1.54, 1.807) is 29.2 Å². The van der Waals surface area contributed by atoms with E-state index in [1.165, 1.54) is 46.8 Å². The summed E-state index contributed by atoms with van der Waals surface area (Å²) in [5, 5.41) is 11.5. The molecule has 37 heavy (non-hydrogen) atoms. The van der Waals surface area contributed by atoms with Gasteiger partial charge in [0, 0.05) is 37.8 Å². The number of nitrogens with zero attached hydrogens (tertiary/aromatic N) is 4. The molecule has 2 aliphatic rings. The van der Waals surface area contributed by atoms with Crippen molar-refractivity contribution >= 4 is 45.2 Å². The van der Waals surface area contributed by atoms with E-state index >= 15 is 0 Å². The Hall–Kier alpha value is -4.42. The summed E-state index contributed by atoms with van der Waals surface area (Å²) in [6.07, 6.45) is 0.529. The summed E-state index contributed by atoms with van der Waals surface area (Å²) in [4.78, 5) is 50.0. The minimum absolute atomic E-state index is 0.00243. The summed E-state index contributed by atoms with van der Waals surface area (Å²) in [5.74, 6) is -0.940. The van der Waals surface area contributed by atoms with Gasteiger partial charge < -0.3 is 4.90 Å². The van der Waals surface area contributed by atoms with Crippen LogP contribution in [-0.2, 0) is 10.0 Å². The van der Waals surface area contributed by atoms with Gasteiger partial charge in [0.25, 0.3) is 17.5 Å². The number of carbonyl (C=O) groups excluding carboxylic acids is 3. The SMILES string of the molecule is O=Cc1ccc(N2CCN(S(=O)(=O)c3ccc(N4C(=O)c5ccccc5C4=O)cc3)CC2)c([N+](=O)[O-])c1. The predicted octanol–water partition coefficient (Wildman–Crippen LogP) is 2.72. The molecular formula is C25H20N4O7S. The van der Waals surface area contributed by atoms with Crippen LogP contribution in [0.2, 0.25) is 0 Å². The summed E-state index contributed by atoms with van der Waals surface area (Å²) < 4.78 is 27.8. The molecule has 0 atom stereocenters. The number of hydrogen-bond acceptors (Lipinski definition) is 8. The highest BCUT2D eigenvalue weighted by Gasteiger charge is 2.37. The smallest absolute Gasteiger partial charge is 0.293 e. The minimum atomic E-state index is -3.89. The maximum atomic E-state index is 13.2. The molecular weight excluding hydrogens is 500 g/mol. The van der Waals surface area contributed by atoms with Crippen molar-refractivity contribution in [3.8, 4) is 0 Å². The number of aldehydes is 1. The van der Waals surface area contributed by atoms with Gasteiger partial charge in [-0.1, -0.05) is 12.1 Å². The van der Waals surface area contributed by atoms with Crippen molar-refractivity contribution in [1.82, 2.24) is 4.31 Å². The first-order chi connectivity index (χ1) is 17.7. The van der Waals surface area contributed by atoms with Crippen LogP contribution in [0.4, 0.5) is 17.1 Å². The third-order valence-corrected chi connectivity index (χ3v) is 8.35. The fraction of sp³-hybridized carbons (Fsp3) is 0.160. The number of amides is 2. The zero-order valence-electron chi connectivity index (χ0n) is 19.3. The molecule has 0 spiro atoms. The molecule has 0 bridgehead atoms. The van der Waals surface area contributed by atoms with E-state index < -0.39 is 26.8 Å². The lowest BCUT2D eigenvalue weighted by atomic mass is 10.1. The van der Waals surface area contributed by atoms with Crippen LogP contribution in [0.1, 0.15) is 31.1 Å². The Labute approximate surface area is 211 Å². The molecule has 188 valence electrons. The number of sulfonamides is 1. The van der Waals surface area contributed by atoms with Gasteiger partial charge in [-0.3, -0.25) is 24.5 Å². The molecule has 3 aromatic carbocycles. The number of fused-ring (bicyclic) bond motifs is 1. The first-order valence-electron chi connectivity index (χ1n) is 11.3. The Kier molecular flexibility index (Phi) is 6.05. The number of piperazine rings is 1. The van der Waals surface area contributed by atoms with E-state index in [4.69, 9.17) is 0 Å². The zero-order valence-corrected chi connectivity index (χ0v) is 20.1. The maximum absolute atomic E-state index is 13.2. The normalized spacial score (nSPS) is 16.1. The van der Waals surface area contributed by atoms with Crippen molar-refractivity contribution in [1.29, 1.82) is 0 Å². The quantitative estimate of drug-likeness (QED) is 0.209. The number of carbonyl (C=O) groups is 3. The van der Waals surface area contributed by atoms with Gasteiger partial charge in [0.05, 0.1) is 26.6 Å². The molecule has 5 rings (SSSR count). The van der Waals surface area contributed by atoms with Crippen molar-refractivity contribution < 1.29 is 27.7 Å². The van der Waals surface area contributed by atoms with Gasteiger partial charge in [0.1, 0.15) is 12.0 Å².